The van der Waals surface area contributed by atoms with Crippen molar-refractivity contribution < 1.29 is 23.8 Å². The summed E-state index contributed by atoms with van der Waals surface area (Å²) in [6.45, 7) is 6.22. The lowest BCUT2D eigenvalue weighted by molar-refractivity contribution is -0.155. The van der Waals surface area contributed by atoms with Crippen LogP contribution in [0.1, 0.15) is 57.6 Å². The standard InChI is InChI=1S/C22H28N2O5/c1-21(2,3)28-19(25)13-24-15-22(29-20(24)26)10-8-18(9-11-22)27-14-17-6-4-16(12-23)5-7-17/h4-7,18H,8-11,13-15H2,1-3H3. The molecule has 0 bridgehead atoms. The molecule has 1 aliphatic heterocycles. The van der Waals surface area contributed by atoms with Crippen LogP contribution in [0.25, 0.3) is 0 Å². The van der Waals surface area contributed by atoms with Gasteiger partial charge in [0.15, 0.2) is 0 Å². The summed E-state index contributed by atoms with van der Waals surface area (Å²) < 4.78 is 17.0. The molecule has 1 aliphatic carbocycles. The molecule has 3 rings (SSSR count). The Labute approximate surface area is 171 Å². The van der Waals surface area contributed by atoms with Crippen LogP contribution in [-0.2, 0) is 25.6 Å². The molecule has 0 aromatic heterocycles. The molecule has 7 heteroatoms. The summed E-state index contributed by atoms with van der Waals surface area (Å²) >= 11 is 0. The summed E-state index contributed by atoms with van der Waals surface area (Å²) in [6.07, 6.45) is 2.67. The first-order valence-corrected chi connectivity index (χ1v) is 9.98. The molecule has 156 valence electrons. The lowest BCUT2D eigenvalue weighted by Gasteiger charge is -2.35. The number of rotatable bonds is 5. The molecular formula is C22H28N2O5. The Kier molecular flexibility index (Phi) is 6.13. The van der Waals surface area contributed by atoms with Crippen LogP contribution >= 0.6 is 0 Å². The molecule has 1 spiro atoms. The number of esters is 1. The van der Waals surface area contributed by atoms with Crippen LogP contribution in [0.5, 0.6) is 0 Å². The highest BCUT2D eigenvalue weighted by molar-refractivity contribution is 5.79. The Morgan fingerprint density at radius 3 is 2.52 bits per heavy atom. The van der Waals surface area contributed by atoms with Gasteiger partial charge >= 0.3 is 12.1 Å². The van der Waals surface area contributed by atoms with Crippen LogP contribution in [0.4, 0.5) is 4.79 Å². The molecule has 29 heavy (non-hydrogen) atoms. The molecule has 1 heterocycles. The second-order valence-corrected chi connectivity index (χ2v) is 8.81. The van der Waals surface area contributed by atoms with Crippen LogP contribution < -0.4 is 0 Å². The van der Waals surface area contributed by atoms with E-state index in [0.29, 0.717) is 31.6 Å². The number of hydrogen-bond donors (Lipinski definition) is 0. The predicted molar refractivity (Wildman–Crippen MR) is 105 cm³/mol. The first-order chi connectivity index (χ1) is 13.7. The molecule has 1 saturated carbocycles. The number of amides is 1. The minimum absolute atomic E-state index is 0.0868. The molecule has 1 aromatic rings. The smallest absolute Gasteiger partial charge is 0.411 e. The lowest BCUT2D eigenvalue weighted by Crippen LogP contribution is -2.41. The predicted octanol–water partition coefficient (Wildman–Crippen LogP) is 3.55. The average Bonchev–Trinajstić information content (AvgIpc) is 2.95. The van der Waals surface area contributed by atoms with E-state index in [-0.39, 0.29) is 12.6 Å². The van der Waals surface area contributed by atoms with E-state index >= 15 is 0 Å². The largest absolute Gasteiger partial charge is 0.459 e. The van der Waals surface area contributed by atoms with Gasteiger partial charge in [-0.25, -0.2) is 4.79 Å². The topological polar surface area (TPSA) is 88.9 Å². The molecule has 0 unspecified atom stereocenters. The average molecular weight is 400 g/mol. The quantitative estimate of drug-likeness (QED) is 0.702. The van der Waals surface area contributed by atoms with Crippen molar-refractivity contribution in [2.45, 2.75) is 70.4 Å². The van der Waals surface area contributed by atoms with Crippen LogP contribution in [-0.4, -0.2) is 47.4 Å². The van der Waals surface area contributed by atoms with Gasteiger partial charge < -0.3 is 14.2 Å². The Hall–Kier alpha value is -2.59. The van der Waals surface area contributed by atoms with Crippen molar-refractivity contribution in [3.05, 3.63) is 35.4 Å². The van der Waals surface area contributed by atoms with E-state index in [9.17, 15) is 9.59 Å². The fourth-order valence-electron chi connectivity index (χ4n) is 3.78. The molecule has 1 aromatic carbocycles. The van der Waals surface area contributed by atoms with Gasteiger partial charge in [-0.2, -0.15) is 5.26 Å². The van der Waals surface area contributed by atoms with Crippen molar-refractivity contribution >= 4 is 12.1 Å². The third-order valence-corrected chi connectivity index (χ3v) is 5.19. The normalized spacial score (nSPS) is 24.3. The number of ether oxygens (including phenoxy) is 3. The molecule has 2 aliphatic rings. The fourth-order valence-corrected chi connectivity index (χ4v) is 3.78. The van der Waals surface area contributed by atoms with Gasteiger partial charge in [0, 0.05) is 0 Å². The van der Waals surface area contributed by atoms with Gasteiger partial charge in [-0.1, -0.05) is 12.1 Å². The highest BCUT2D eigenvalue weighted by Crippen LogP contribution is 2.38. The van der Waals surface area contributed by atoms with Crippen LogP contribution in [0.3, 0.4) is 0 Å². The molecule has 1 saturated heterocycles. The molecular weight excluding hydrogens is 372 g/mol. The fraction of sp³-hybridized carbons (Fsp3) is 0.591. The minimum atomic E-state index is -0.581. The third-order valence-electron chi connectivity index (χ3n) is 5.19. The maximum Gasteiger partial charge on any atom is 0.411 e. The number of carbonyl (C=O) groups is 2. The molecule has 2 fully saturated rings. The highest BCUT2D eigenvalue weighted by atomic mass is 16.6. The van der Waals surface area contributed by atoms with Gasteiger partial charge in [0.1, 0.15) is 17.7 Å². The third kappa shape index (κ3) is 5.70. The van der Waals surface area contributed by atoms with Crippen LogP contribution in [0, 0.1) is 11.3 Å². The van der Waals surface area contributed by atoms with E-state index < -0.39 is 23.3 Å². The summed E-state index contributed by atoms with van der Waals surface area (Å²) in [5, 5.41) is 8.85. The van der Waals surface area contributed by atoms with Crippen molar-refractivity contribution in [2.24, 2.45) is 0 Å². The lowest BCUT2D eigenvalue weighted by atomic mass is 9.83. The van der Waals surface area contributed by atoms with Gasteiger partial charge in [0.2, 0.25) is 0 Å². The zero-order chi connectivity index (χ0) is 21.1. The summed E-state index contributed by atoms with van der Waals surface area (Å²) in [5.74, 6) is -0.425. The number of benzene rings is 1. The van der Waals surface area contributed by atoms with Crippen LogP contribution in [0.2, 0.25) is 0 Å². The summed E-state index contributed by atoms with van der Waals surface area (Å²) in [4.78, 5) is 25.7. The van der Waals surface area contributed by atoms with E-state index in [2.05, 4.69) is 6.07 Å². The molecule has 0 radical (unpaired) electrons. The van der Waals surface area contributed by atoms with Crippen molar-refractivity contribution in [1.29, 1.82) is 5.26 Å². The Balaban J connectivity index is 1.46. The second kappa shape index (κ2) is 8.42. The SMILES string of the molecule is CC(C)(C)OC(=O)CN1CC2(CCC(OCc3ccc(C#N)cc3)CC2)OC1=O. The van der Waals surface area contributed by atoms with Crippen molar-refractivity contribution in [3.63, 3.8) is 0 Å². The second-order valence-electron chi connectivity index (χ2n) is 8.81. The summed E-state index contributed by atoms with van der Waals surface area (Å²) in [6, 6.07) is 9.47. The van der Waals surface area contributed by atoms with E-state index in [1.54, 1.807) is 32.9 Å². The van der Waals surface area contributed by atoms with Gasteiger partial charge in [-0.05, 0) is 64.2 Å². The van der Waals surface area contributed by atoms with Crippen LogP contribution in [0.15, 0.2) is 24.3 Å². The van der Waals surface area contributed by atoms with E-state index in [1.165, 1.54) is 4.90 Å². The first kappa shape index (κ1) is 21.1. The van der Waals surface area contributed by atoms with E-state index in [0.717, 1.165) is 18.4 Å². The molecule has 1 amide bonds. The van der Waals surface area contributed by atoms with E-state index in [4.69, 9.17) is 19.5 Å². The maximum absolute atomic E-state index is 12.2. The Morgan fingerprint density at radius 2 is 1.93 bits per heavy atom. The Morgan fingerprint density at radius 1 is 1.28 bits per heavy atom. The Bertz CT molecular complexity index is 783. The van der Waals surface area contributed by atoms with Crippen molar-refractivity contribution in [2.75, 3.05) is 13.1 Å². The number of nitriles is 1. The van der Waals surface area contributed by atoms with Crippen molar-refractivity contribution in [3.8, 4) is 6.07 Å². The number of carbonyl (C=O) groups excluding carboxylic acids is 2. The maximum atomic E-state index is 12.2. The van der Waals surface area contributed by atoms with Gasteiger partial charge in [0.25, 0.3) is 0 Å². The van der Waals surface area contributed by atoms with Gasteiger partial charge in [-0.3, -0.25) is 9.69 Å². The minimum Gasteiger partial charge on any atom is -0.459 e. The molecule has 0 N–H and O–H groups in total. The number of hydrogen-bond acceptors (Lipinski definition) is 6. The molecule has 0 atom stereocenters. The zero-order valence-electron chi connectivity index (χ0n) is 17.3. The van der Waals surface area contributed by atoms with Gasteiger partial charge in [0.05, 0.1) is 30.9 Å². The van der Waals surface area contributed by atoms with Crippen molar-refractivity contribution in [1.82, 2.24) is 4.90 Å². The monoisotopic (exact) mass is 400 g/mol. The number of nitrogens with zero attached hydrogens (tertiary/aromatic N) is 2. The van der Waals surface area contributed by atoms with E-state index in [1.807, 2.05) is 12.1 Å². The molecule has 7 nitrogen and oxygen atoms in total. The zero-order valence-corrected chi connectivity index (χ0v) is 17.3. The van der Waals surface area contributed by atoms with Gasteiger partial charge in [-0.15, -0.1) is 0 Å². The summed E-state index contributed by atoms with van der Waals surface area (Å²) in [5.41, 5.74) is 0.545. The summed E-state index contributed by atoms with van der Waals surface area (Å²) in [7, 11) is 0. The first-order valence-electron chi connectivity index (χ1n) is 9.98. The highest BCUT2D eigenvalue weighted by Gasteiger charge is 2.48.